The molecule has 2 rings (SSSR count). The summed E-state index contributed by atoms with van der Waals surface area (Å²) < 4.78 is 0. The molecule has 0 spiro atoms. The van der Waals surface area contributed by atoms with E-state index in [0.29, 0.717) is 6.04 Å². The van der Waals surface area contributed by atoms with E-state index in [2.05, 4.69) is 25.8 Å². The second-order valence-corrected chi connectivity index (χ2v) is 7.58. The lowest BCUT2D eigenvalue weighted by molar-refractivity contribution is 0.0681. The fourth-order valence-electron chi connectivity index (χ4n) is 4.75. The van der Waals surface area contributed by atoms with E-state index in [9.17, 15) is 0 Å². The number of hydrogen-bond donors (Lipinski definition) is 1. The summed E-state index contributed by atoms with van der Waals surface area (Å²) in [6.45, 7) is 5.62. The van der Waals surface area contributed by atoms with Gasteiger partial charge >= 0.3 is 0 Å². The molecule has 0 amide bonds. The van der Waals surface area contributed by atoms with Crippen LogP contribution in [0.3, 0.4) is 0 Å². The third-order valence-electron chi connectivity index (χ3n) is 6.26. The number of rotatable bonds is 5. The highest BCUT2D eigenvalue weighted by atomic mass is 15.2. The van der Waals surface area contributed by atoms with Gasteiger partial charge in [-0.05, 0) is 63.3 Å². The third kappa shape index (κ3) is 3.98. The molecule has 2 aliphatic carbocycles. The fourth-order valence-corrected chi connectivity index (χ4v) is 4.75. The molecule has 2 heteroatoms. The molecule has 0 heterocycles. The van der Waals surface area contributed by atoms with Gasteiger partial charge in [-0.3, -0.25) is 4.90 Å². The fraction of sp³-hybridized carbons (Fsp3) is 1.00. The third-order valence-corrected chi connectivity index (χ3v) is 6.26. The molecular formula is C18H36N2. The Labute approximate surface area is 126 Å². The van der Waals surface area contributed by atoms with E-state index >= 15 is 0 Å². The lowest BCUT2D eigenvalue weighted by Crippen LogP contribution is -2.50. The van der Waals surface area contributed by atoms with Gasteiger partial charge in [0.25, 0.3) is 0 Å². The summed E-state index contributed by atoms with van der Waals surface area (Å²) in [6.07, 6.45) is 12.7. The normalized spacial score (nSPS) is 37.0. The van der Waals surface area contributed by atoms with Gasteiger partial charge in [-0.1, -0.05) is 33.1 Å². The summed E-state index contributed by atoms with van der Waals surface area (Å²) in [5.74, 6) is 2.75. The minimum Gasteiger partial charge on any atom is -0.329 e. The maximum Gasteiger partial charge on any atom is 0.0246 e. The average molecular weight is 280 g/mol. The van der Waals surface area contributed by atoms with Crippen molar-refractivity contribution >= 4 is 0 Å². The first-order chi connectivity index (χ1) is 9.65. The molecule has 2 nitrogen and oxygen atoms in total. The first-order valence-corrected chi connectivity index (χ1v) is 9.07. The van der Waals surface area contributed by atoms with Gasteiger partial charge in [0.1, 0.15) is 0 Å². The van der Waals surface area contributed by atoms with Crippen LogP contribution in [0.15, 0.2) is 0 Å². The zero-order valence-corrected chi connectivity index (χ0v) is 14.0. The summed E-state index contributed by atoms with van der Waals surface area (Å²) in [5, 5.41) is 0. The minimum atomic E-state index is 0.626. The Kier molecular flexibility index (Phi) is 6.35. The minimum absolute atomic E-state index is 0.626. The van der Waals surface area contributed by atoms with Gasteiger partial charge in [0.15, 0.2) is 0 Å². The first-order valence-electron chi connectivity index (χ1n) is 9.07. The largest absolute Gasteiger partial charge is 0.329 e. The van der Waals surface area contributed by atoms with Crippen molar-refractivity contribution in [3.05, 3.63) is 0 Å². The summed E-state index contributed by atoms with van der Waals surface area (Å²) in [6, 6.07) is 1.42. The second-order valence-electron chi connectivity index (χ2n) is 7.58. The van der Waals surface area contributed by atoms with E-state index in [1.807, 2.05) is 0 Å². The molecular weight excluding hydrogens is 244 g/mol. The maximum absolute atomic E-state index is 6.17. The van der Waals surface area contributed by atoms with Crippen LogP contribution in [0.1, 0.15) is 71.6 Å². The smallest absolute Gasteiger partial charge is 0.0246 e. The van der Waals surface area contributed by atoms with Crippen molar-refractivity contribution in [1.82, 2.24) is 4.90 Å². The molecule has 3 atom stereocenters. The molecule has 0 radical (unpaired) electrons. The van der Waals surface area contributed by atoms with Gasteiger partial charge in [0.05, 0.1) is 0 Å². The van der Waals surface area contributed by atoms with Crippen LogP contribution in [-0.2, 0) is 0 Å². The molecule has 118 valence electrons. The van der Waals surface area contributed by atoms with Crippen molar-refractivity contribution in [3.8, 4) is 0 Å². The molecule has 2 saturated carbocycles. The van der Waals surface area contributed by atoms with Gasteiger partial charge in [0, 0.05) is 18.6 Å². The van der Waals surface area contributed by atoms with Crippen molar-refractivity contribution in [1.29, 1.82) is 0 Å². The van der Waals surface area contributed by atoms with Gasteiger partial charge in [0.2, 0.25) is 0 Å². The zero-order valence-electron chi connectivity index (χ0n) is 14.0. The molecule has 3 unspecified atom stereocenters. The molecule has 2 fully saturated rings. The Hall–Kier alpha value is -0.0800. The van der Waals surface area contributed by atoms with E-state index in [1.165, 1.54) is 57.8 Å². The van der Waals surface area contributed by atoms with E-state index in [1.54, 1.807) is 0 Å². The highest BCUT2D eigenvalue weighted by molar-refractivity contribution is 4.88. The van der Waals surface area contributed by atoms with Gasteiger partial charge in [-0.25, -0.2) is 0 Å². The lowest BCUT2D eigenvalue weighted by atomic mass is 9.77. The van der Waals surface area contributed by atoms with Crippen molar-refractivity contribution in [2.45, 2.75) is 83.7 Å². The Bertz CT molecular complexity index is 271. The van der Waals surface area contributed by atoms with E-state index in [0.717, 1.165) is 30.3 Å². The number of nitrogens with two attached hydrogens (primary N) is 1. The Morgan fingerprint density at radius 1 is 1.10 bits per heavy atom. The van der Waals surface area contributed by atoms with Crippen LogP contribution in [0.5, 0.6) is 0 Å². The topological polar surface area (TPSA) is 29.3 Å². The summed E-state index contributed by atoms with van der Waals surface area (Å²) in [7, 11) is 2.35. The zero-order chi connectivity index (χ0) is 14.5. The van der Waals surface area contributed by atoms with Crippen molar-refractivity contribution in [2.75, 3.05) is 13.6 Å². The van der Waals surface area contributed by atoms with Crippen molar-refractivity contribution in [2.24, 2.45) is 23.5 Å². The van der Waals surface area contributed by atoms with Crippen LogP contribution in [0.2, 0.25) is 0 Å². The van der Waals surface area contributed by atoms with Crippen LogP contribution in [0.4, 0.5) is 0 Å². The molecule has 0 bridgehead atoms. The standard InChI is InChI=1S/C18H36N2/c1-4-15-8-10-17(11-9-15)20(3)18(13-19)16-7-5-6-14(2)12-16/h14-18H,4-13,19H2,1-3H3. The molecule has 0 saturated heterocycles. The Morgan fingerprint density at radius 3 is 2.35 bits per heavy atom. The monoisotopic (exact) mass is 280 g/mol. The highest BCUT2D eigenvalue weighted by Gasteiger charge is 2.32. The summed E-state index contributed by atoms with van der Waals surface area (Å²) in [5.41, 5.74) is 6.17. The van der Waals surface area contributed by atoms with Crippen molar-refractivity contribution in [3.63, 3.8) is 0 Å². The quantitative estimate of drug-likeness (QED) is 0.823. The van der Waals surface area contributed by atoms with Crippen LogP contribution >= 0.6 is 0 Å². The summed E-state index contributed by atoms with van der Waals surface area (Å²) in [4.78, 5) is 2.68. The van der Waals surface area contributed by atoms with Crippen molar-refractivity contribution < 1.29 is 0 Å². The van der Waals surface area contributed by atoms with E-state index < -0.39 is 0 Å². The van der Waals surface area contributed by atoms with Gasteiger partial charge in [-0.2, -0.15) is 0 Å². The van der Waals surface area contributed by atoms with Crippen LogP contribution in [0.25, 0.3) is 0 Å². The molecule has 20 heavy (non-hydrogen) atoms. The second kappa shape index (κ2) is 7.79. The number of hydrogen-bond acceptors (Lipinski definition) is 2. The predicted molar refractivity (Wildman–Crippen MR) is 87.8 cm³/mol. The molecule has 2 N–H and O–H groups in total. The number of likely N-dealkylation sites (N-methyl/N-ethyl adjacent to an activating group) is 1. The number of nitrogens with zero attached hydrogens (tertiary/aromatic N) is 1. The van der Waals surface area contributed by atoms with Crippen LogP contribution < -0.4 is 5.73 Å². The van der Waals surface area contributed by atoms with E-state index in [4.69, 9.17) is 5.73 Å². The van der Waals surface area contributed by atoms with Gasteiger partial charge < -0.3 is 5.73 Å². The Morgan fingerprint density at radius 2 is 1.80 bits per heavy atom. The molecule has 0 aliphatic heterocycles. The highest BCUT2D eigenvalue weighted by Crippen LogP contribution is 2.35. The SMILES string of the molecule is CCC1CCC(N(C)C(CN)C2CCCC(C)C2)CC1. The van der Waals surface area contributed by atoms with Crippen LogP contribution in [0, 0.1) is 17.8 Å². The molecule has 0 aromatic carbocycles. The summed E-state index contributed by atoms with van der Waals surface area (Å²) >= 11 is 0. The van der Waals surface area contributed by atoms with E-state index in [-0.39, 0.29) is 0 Å². The lowest BCUT2D eigenvalue weighted by Gasteiger charge is -2.43. The van der Waals surface area contributed by atoms with Gasteiger partial charge in [-0.15, -0.1) is 0 Å². The Balaban J connectivity index is 1.89. The maximum atomic E-state index is 6.17. The molecule has 0 aromatic rings. The average Bonchev–Trinajstić information content (AvgIpc) is 2.48. The first kappa shape index (κ1) is 16.3. The molecule has 2 aliphatic rings. The molecule has 0 aromatic heterocycles. The van der Waals surface area contributed by atoms with Crippen LogP contribution in [-0.4, -0.2) is 30.6 Å². The predicted octanol–water partition coefficient (Wildman–Crippen LogP) is 4.04.